The van der Waals surface area contributed by atoms with Crippen LogP contribution in [0.5, 0.6) is 0 Å². The fraction of sp³-hybridized carbons (Fsp3) is 0.438. The monoisotopic (exact) mass is 258 g/mol. The molecule has 1 aromatic carbocycles. The fourth-order valence-corrected chi connectivity index (χ4v) is 2.22. The zero-order chi connectivity index (χ0) is 13.8. The molecule has 1 unspecified atom stereocenters. The first-order valence-electron chi connectivity index (χ1n) is 6.91. The maximum Gasteiger partial charge on any atom is 0.121 e. The summed E-state index contributed by atoms with van der Waals surface area (Å²) >= 11 is 0. The van der Waals surface area contributed by atoms with Crippen molar-refractivity contribution in [1.82, 2.24) is 9.55 Å². The number of aromatic nitrogens is 2. The zero-order valence-corrected chi connectivity index (χ0v) is 11.9. The van der Waals surface area contributed by atoms with Crippen LogP contribution < -0.4 is 0 Å². The van der Waals surface area contributed by atoms with Crippen LogP contribution >= 0.6 is 0 Å². The van der Waals surface area contributed by atoms with Crippen LogP contribution in [0.15, 0.2) is 36.8 Å². The standard InChI is InChI=1S/C16H22N2O/c1-4-9-18-11-17-10-15(18)16(19)14-7-5-13(6-8-14)12(2)3/h5-8,10-12,16,19H,4,9H2,1-3H3. The van der Waals surface area contributed by atoms with E-state index >= 15 is 0 Å². The van der Waals surface area contributed by atoms with Crippen molar-refractivity contribution in [2.45, 2.75) is 45.8 Å². The molecular formula is C16H22N2O. The average molecular weight is 258 g/mol. The van der Waals surface area contributed by atoms with Gasteiger partial charge in [0.15, 0.2) is 0 Å². The van der Waals surface area contributed by atoms with Gasteiger partial charge in [0, 0.05) is 6.54 Å². The second-order valence-electron chi connectivity index (χ2n) is 5.24. The number of aliphatic hydroxyl groups excluding tert-OH is 1. The molecule has 1 N–H and O–H groups in total. The normalized spacial score (nSPS) is 12.9. The van der Waals surface area contributed by atoms with Crippen molar-refractivity contribution in [3.63, 3.8) is 0 Å². The number of nitrogens with zero attached hydrogens (tertiary/aromatic N) is 2. The lowest BCUT2D eigenvalue weighted by atomic mass is 9.99. The van der Waals surface area contributed by atoms with Gasteiger partial charge in [-0.2, -0.15) is 0 Å². The van der Waals surface area contributed by atoms with Crippen molar-refractivity contribution >= 4 is 0 Å². The quantitative estimate of drug-likeness (QED) is 0.891. The summed E-state index contributed by atoms with van der Waals surface area (Å²) in [5, 5.41) is 10.5. The van der Waals surface area contributed by atoms with E-state index in [0.29, 0.717) is 5.92 Å². The minimum Gasteiger partial charge on any atom is -0.382 e. The molecule has 19 heavy (non-hydrogen) atoms. The number of hydrogen-bond donors (Lipinski definition) is 1. The van der Waals surface area contributed by atoms with E-state index in [2.05, 4.69) is 37.9 Å². The van der Waals surface area contributed by atoms with E-state index in [9.17, 15) is 5.11 Å². The zero-order valence-electron chi connectivity index (χ0n) is 11.9. The molecule has 102 valence electrons. The van der Waals surface area contributed by atoms with Crippen LogP contribution in [0, 0.1) is 0 Å². The first-order valence-corrected chi connectivity index (χ1v) is 6.91. The molecule has 0 aliphatic rings. The fourth-order valence-electron chi connectivity index (χ4n) is 2.22. The molecule has 0 saturated heterocycles. The molecule has 0 radical (unpaired) electrons. The Kier molecular flexibility index (Phi) is 4.38. The van der Waals surface area contributed by atoms with Gasteiger partial charge < -0.3 is 9.67 Å². The van der Waals surface area contributed by atoms with Gasteiger partial charge in [0.2, 0.25) is 0 Å². The number of hydrogen-bond acceptors (Lipinski definition) is 2. The van der Waals surface area contributed by atoms with Crippen LogP contribution in [0.1, 0.15) is 56.0 Å². The molecule has 0 bridgehead atoms. The lowest BCUT2D eigenvalue weighted by molar-refractivity contribution is 0.209. The number of rotatable bonds is 5. The van der Waals surface area contributed by atoms with E-state index in [-0.39, 0.29) is 0 Å². The SMILES string of the molecule is CCCn1cncc1C(O)c1ccc(C(C)C)cc1. The molecule has 1 heterocycles. The maximum atomic E-state index is 10.5. The van der Waals surface area contributed by atoms with Gasteiger partial charge in [-0.15, -0.1) is 0 Å². The first kappa shape index (κ1) is 13.8. The molecule has 0 saturated carbocycles. The number of aryl methyl sites for hydroxylation is 1. The number of benzene rings is 1. The molecule has 2 aromatic rings. The molecule has 3 nitrogen and oxygen atoms in total. The highest BCUT2D eigenvalue weighted by Gasteiger charge is 2.15. The van der Waals surface area contributed by atoms with Crippen molar-refractivity contribution in [3.8, 4) is 0 Å². The Morgan fingerprint density at radius 2 is 1.79 bits per heavy atom. The summed E-state index contributed by atoms with van der Waals surface area (Å²) in [4.78, 5) is 4.14. The van der Waals surface area contributed by atoms with E-state index in [1.54, 1.807) is 12.5 Å². The third-order valence-electron chi connectivity index (χ3n) is 3.41. The van der Waals surface area contributed by atoms with Crippen LogP contribution in [0.2, 0.25) is 0 Å². The van der Waals surface area contributed by atoms with Gasteiger partial charge in [-0.05, 0) is 23.5 Å². The predicted octanol–water partition coefficient (Wildman–Crippen LogP) is 3.50. The van der Waals surface area contributed by atoms with Crippen molar-refractivity contribution < 1.29 is 5.11 Å². The minimum atomic E-state index is -0.602. The van der Waals surface area contributed by atoms with Crippen LogP contribution in [0.4, 0.5) is 0 Å². The van der Waals surface area contributed by atoms with E-state index < -0.39 is 6.10 Å². The molecular weight excluding hydrogens is 236 g/mol. The second-order valence-corrected chi connectivity index (χ2v) is 5.24. The molecule has 0 spiro atoms. The summed E-state index contributed by atoms with van der Waals surface area (Å²) in [6.45, 7) is 7.34. The summed E-state index contributed by atoms with van der Waals surface area (Å²) in [5.41, 5.74) is 3.07. The second kappa shape index (κ2) is 6.02. The molecule has 3 heteroatoms. The average Bonchev–Trinajstić information content (AvgIpc) is 2.87. The van der Waals surface area contributed by atoms with Crippen molar-refractivity contribution in [3.05, 3.63) is 53.6 Å². The van der Waals surface area contributed by atoms with Crippen LogP contribution in [-0.2, 0) is 6.54 Å². The van der Waals surface area contributed by atoms with Crippen LogP contribution in [-0.4, -0.2) is 14.7 Å². The summed E-state index contributed by atoms with van der Waals surface area (Å²) in [5.74, 6) is 0.511. The summed E-state index contributed by atoms with van der Waals surface area (Å²) < 4.78 is 2.01. The largest absolute Gasteiger partial charge is 0.382 e. The van der Waals surface area contributed by atoms with Crippen molar-refractivity contribution in [2.24, 2.45) is 0 Å². The highest BCUT2D eigenvalue weighted by molar-refractivity contribution is 5.30. The lowest BCUT2D eigenvalue weighted by Gasteiger charge is -2.15. The summed E-state index contributed by atoms with van der Waals surface area (Å²) in [6, 6.07) is 8.18. The highest BCUT2D eigenvalue weighted by Crippen LogP contribution is 2.24. The van der Waals surface area contributed by atoms with Gasteiger partial charge in [0.05, 0.1) is 18.2 Å². The van der Waals surface area contributed by atoms with E-state index in [0.717, 1.165) is 24.2 Å². The van der Waals surface area contributed by atoms with Crippen LogP contribution in [0.3, 0.4) is 0 Å². The maximum absolute atomic E-state index is 10.5. The molecule has 1 aromatic heterocycles. The Hall–Kier alpha value is -1.61. The van der Waals surface area contributed by atoms with Gasteiger partial charge in [0.25, 0.3) is 0 Å². The predicted molar refractivity (Wildman–Crippen MR) is 77.1 cm³/mol. The highest BCUT2D eigenvalue weighted by atomic mass is 16.3. The van der Waals surface area contributed by atoms with Gasteiger partial charge >= 0.3 is 0 Å². The van der Waals surface area contributed by atoms with E-state index in [1.165, 1.54) is 5.56 Å². The number of aliphatic hydroxyl groups is 1. The van der Waals surface area contributed by atoms with Crippen molar-refractivity contribution in [1.29, 1.82) is 0 Å². The third-order valence-corrected chi connectivity index (χ3v) is 3.41. The van der Waals surface area contributed by atoms with Crippen molar-refractivity contribution in [2.75, 3.05) is 0 Å². The van der Waals surface area contributed by atoms with Gasteiger partial charge in [-0.1, -0.05) is 45.0 Å². The molecule has 0 aliphatic carbocycles. The van der Waals surface area contributed by atoms with Gasteiger partial charge in [-0.25, -0.2) is 4.98 Å². The smallest absolute Gasteiger partial charge is 0.121 e. The molecule has 2 rings (SSSR count). The Morgan fingerprint density at radius 1 is 1.16 bits per heavy atom. The minimum absolute atomic E-state index is 0.511. The van der Waals surface area contributed by atoms with Crippen LogP contribution in [0.25, 0.3) is 0 Å². The van der Waals surface area contributed by atoms with E-state index in [4.69, 9.17) is 0 Å². The van der Waals surface area contributed by atoms with Gasteiger partial charge in [-0.3, -0.25) is 0 Å². The lowest BCUT2D eigenvalue weighted by Crippen LogP contribution is -2.08. The summed E-state index contributed by atoms with van der Waals surface area (Å²) in [7, 11) is 0. The first-order chi connectivity index (χ1) is 9.13. The summed E-state index contributed by atoms with van der Waals surface area (Å²) in [6.07, 6.45) is 3.96. The number of imidazole rings is 1. The Balaban J connectivity index is 2.23. The van der Waals surface area contributed by atoms with Gasteiger partial charge in [0.1, 0.15) is 6.10 Å². The van der Waals surface area contributed by atoms with E-state index in [1.807, 2.05) is 16.7 Å². The Morgan fingerprint density at radius 3 is 2.37 bits per heavy atom. The molecule has 0 fully saturated rings. The Bertz CT molecular complexity index is 514. The molecule has 0 aliphatic heterocycles. The molecule has 1 atom stereocenters. The molecule has 0 amide bonds. The third kappa shape index (κ3) is 3.04. The topological polar surface area (TPSA) is 38.0 Å². The Labute approximate surface area is 114 Å².